The van der Waals surface area contributed by atoms with Crippen LogP contribution >= 0.6 is 0 Å². The van der Waals surface area contributed by atoms with Crippen LogP contribution in [0, 0.1) is 11.7 Å². The molecule has 2 aromatic rings. The zero-order valence-electron chi connectivity index (χ0n) is 19.2. The number of nitrogens with zero attached hydrogens (tertiary/aromatic N) is 4. The smallest absolute Gasteiger partial charge is 0.409 e. The molecule has 11 heteroatoms. The summed E-state index contributed by atoms with van der Waals surface area (Å²) in [6.45, 7) is 4.82. The van der Waals surface area contributed by atoms with E-state index in [1.54, 1.807) is 11.8 Å². The zero-order chi connectivity index (χ0) is 24.1. The molecule has 0 bridgehead atoms. The van der Waals surface area contributed by atoms with E-state index in [9.17, 15) is 14.0 Å². The molecule has 1 aromatic heterocycles. The summed E-state index contributed by atoms with van der Waals surface area (Å²) in [5, 5.41) is 6.12. The van der Waals surface area contributed by atoms with Crippen LogP contribution in [0.25, 0.3) is 0 Å². The molecule has 2 amide bonds. The van der Waals surface area contributed by atoms with Gasteiger partial charge < -0.3 is 30.9 Å². The van der Waals surface area contributed by atoms with E-state index in [4.69, 9.17) is 10.5 Å². The van der Waals surface area contributed by atoms with Gasteiger partial charge in [0.1, 0.15) is 0 Å². The minimum absolute atomic E-state index is 0.0479. The fourth-order valence-corrected chi connectivity index (χ4v) is 4.42. The number of nitrogens with one attached hydrogen (secondary N) is 2. The summed E-state index contributed by atoms with van der Waals surface area (Å²) >= 11 is 0. The molecule has 1 saturated heterocycles. The zero-order valence-corrected chi connectivity index (χ0v) is 19.2. The molecule has 2 heterocycles. The van der Waals surface area contributed by atoms with Crippen molar-refractivity contribution in [1.82, 2.24) is 14.9 Å². The Labute approximate surface area is 197 Å². The van der Waals surface area contributed by atoms with E-state index >= 15 is 0 Å². The Morgan fingerprint density at radius 2 is 1.91 bits per heavy atom. The van der Waals surface area contributed by atoms with Gasteiger partial charge in [-0.05, 0) is 44.0 Å². The molecule has 4 rings (SSSR count). The molecular weight excluding hydrogens is 441 g/mol. The number of ether oxygens (including phenoxy) is 1. The quantitative estimate of drug-likeness (QED) is 0.563. The number of carbonyl (C=O) groups is 2. The second-order valence-electron chi connectivity index (χ2n) is 8.43. The molecule has 4 N–H and O–H groups in total. The predicted octanol–water partition coefficient (Wildman–Crippen LogP) is 2.70. The standard InChI is InChI=1S/C23H30FN7O3/c1-2-34-23(33)31-12-10-30(11-13-31)16-8-6-15(7-9-16)27-22-26-14-18(24)21(29-22)28-19-5-3-4-17(19)20(25)32/h6-9,14,17,19H,2-5,10-13H2,1H3,(H2,25,32)(H2,26,27,28,29). The van der Waals surface area contributed by atoms with Crippen LogP contribution in [0.3, 0.4) is 0 Å². The van der Waals surface area contributed by atoms with Crippen LogP contribution in [0.15, 0.2) is 30.5 Å². The Hall–Kier alpha value is -3.63. The highest BCUT2D eigenvalue weighted by Gasteiger charge is 2.32. The van der Waals surface area contributed by atoms with E-state index in [1.807, 2.05) is 24.3 Å². The second kappa shape index (κ2) is 10.5. The molecule has 10 nitrogen and oxygen atoms in total. The maximum absolute atomic E-state index is 14.3. The van der Waals surface area contributed by atoms with E-state index in [0.29, 0.717) is 26.1 Å². The molecule has 182 valence electrons. The number of rotatable bonds is 7. The minimum Gasteiger partial charge on any atom is -0.450 e. The molecule has 1 aliphatic carbocycles. The maximum atomic E-state index is 14.3. The molecule has 2 atom stereocenters. The first-order valence-electron chi connectivity index (χ1n) is 11.6. The summed E-state index contributed by atoms with van der Waals surface area (Å²) in [5.74, 6) is -1.01. The fraction of sp³-hybridized carbons (Fsp3) is 0.478. The van der Waals surface area contributed by atoms with E-state index in [-0.39, 0.29) is 35.7 Å². The van der Waals surface area contributed by atoms with Gasteiger partial charge in [0, 0.05) is 43.6 Å². The third-order valence-corrected chi connectivity index (χ3v) is 6.24. The molecule has 0 radical (unpaired) electrons. The first-order chi connectivity index (χ1) is 16.4. The topological polar surface area (TPSA) is 126 Å². The lowest BCUT2D eigenvalue weighted by Crippen LogP contribution is -2.49. The number of benzene rings is 1. The number of nitrogens with two attached hydrogens (primary N) is 1. The summed E-state index contributed by atoms with van der Waals surface area (Å²) in [4.78, 5) is 35.7. The Morgan fingerprint density at radius 1 is 1.18 bits per heavy atom. The monoisotopic (exact) mass is 471 g/mol. The molecule has 1 aliphatic heterocycles. The van der Waals surface area contributed by atoms with E-state index in [0.717, 1.165) is 43.5 Å². The van der Waals surface area contributed by atoms with Gasteiger partial charge in [-0.3, -0.25) is 4.79 Å². The van der Waals surface area contributed by atoms with Crippen molar-refractivity contribution >= 4 is 35.1 Å². The molecule has 1 aromatic carbocycles. The third kappa shape index (κ3) is 5.46. The van der Waals surface area contributed by atoms with Crippen LogP contribution in [0.2, 0.25) is 0 Å². The Bertz CT molecular complexity index is 1010. The SMILES string of the molecule is CCOC(=O)N1CCN(c2ccc(Nc3ncc(F)c(NC4CCCC4C(N)=O)n3)cc2)CC1. The summed E-state index contributed by atoms with van der Waals surface area (Å²) in [5.41, 5.74) is 7.26. The Kier molecular flexibility index (Phi) is 7.29. The minimum atomic E-state index is -0.585. The summed E-state index contributed by atoms with van der Waals surface area (Å²) in [6.07, 6.45) is 3.11. The Morgan fingerprint density at radius 3 is 2.59 bits per heavy atom. The lowest BCUT2D eigenvalue weighted by molar-refractivity contribution is -0.121. The number of piperazine rings is 1. The van der Waals surface area contributed by atoms with Crippen LogP contribution in [0.1, 0.15) is 26.2 Å². The number of aromatic nitrogens is 2. The molecule has 1 saturated carbocycles. The van der Waals surface area contributed by atoms with Crippen LogP contribution in [0.4, 0.5) is 32.3 Å². The first kappa shape index (κ1) is 23.5. The van der Waals surface area contributed by atoms with Crippen molar-refractivity contribution in [2.24, 2.45) is 11.7 Å². The third-order valence-electron chi connectivity index (χ3n) is 6.24. The number of halogens is 1. The van der Waals surface area contributed by atoms with Crippen molar-refractivity contribution < 1.29 is 18.7 Å². The van der Waals surface area contributed by atoms with Crippen LogP contribution in [-0.2, 0) is 9.53 Å². The molecule has 2 aliphatic rings. The molecule has 2 unspecified atom stereocenters. The highest BCUT2D eigenvalue weighted by atomic mass is 19.1. The van der Waals surface area contributed by atoms with Crippen molar-refractivity contribution in [3.05, 3.63) is 36.3 Å². The van der Waals surface area contributed by atoms with Gasteiger partial charge in [-0.2, -0.15) is 4.98 Å². The van der Waals surface area contributed by atoms with Gasteiger partial charge in [0.2, 0.25) is 11.9 Å². The number of amides is 2. The lowest BCUT2D eigenvalue weighted by Gasteiger charge is -2.35. The van der Waals surface area contributed by atoms with Crippen molar-refractivity contribution in [2.45, 2.75) is 32.2 Å². The van der Waals surface area contributed by atoms with Gasteiger partial charge in [0.05, 0.1) is 18.7 Å². The lowest BCUT2D eigenvalue weighted by atomic mass is 10.0. The van der Waals surface area contributed by atoms with Gasteiger partial charge in [0.15, 0.2) is 11.6 Å². The van der Waals surface area contributed by atoms with Crippen LogP contribution in [0.5, 0.6) is 0 Å². The summed E-state index contributed by atoms with van der Waals surface area (Å²) in [6, 6.07) is 7.50. The number of anilines is 4. The molecular formula is C23H30FN7O3. The van der Waals surface area contributed by atoms with E-state index in [1.165, 1.54) is 0 Å². The normalized spacial score (nSPS) is 20.2. The van der Waals surface area contributed by atoms with Gasteiger partial charge in [-0.15, -0.1) is 0 Å². The molecule has 2 fully saturated rings. The van der Waals surface area contributed by atoms with Crippen molar-refractivity contribution in [2.75, 3.05) is 48.3 Å². The van der Waals surface area contributed by atoms with Gasteiger partial charge in [-0.25, -0.2) is 14.2 Å². The number of primary amides is 1. The van der Waals surface area contributed by atoms with Crippen LogP contribution < -0.4 is 21.3 Å². The highest BCUT2D eigenvalue weighted by Crippen LogP contribution is 2.29. The fourth-order valence-electron chi connectivity index (χ4n) is 4.42. The summed E-state index contributed by atoms with van der Waals surface area (Å²) in [7, 11) is 0. The number of carbonyl (C=O) groups excluding carboxylic acids is 2. The predicted molar refractivity (Wildman–Crippen MR) is 126 cm³/mol. The van der Waals surface area contributed by atoms with Crippen molar-refractivity contribution in [3.63, 3.8) is 0 Å². The van der Waals surface area contributed by atoms with Gasteiger partial charge in [-0.1, -0.05) is 6.42 Å². The first-order valence-corrected chi connectivity index (χ1v) is 11.6. The van der Waals surface area contributed by atoms with Crippen molar-refractivity contribution in [1.29, 1.82) is 0 Å². The summed E-state index contributed by atoms with van der Waals surface area (Å²) < 4.78 is 19.4. The second-order valence-corrected chi connectivity index (χ2v) is 8.43. The van der Waals surface area contributed by atoms with Gasteiger partial charge in [0.25, 0.3) is 0 Å². The average Bonchev–Trinajstić information content (AvgIpc) is 3.31. The van der Waals surface area contributed by atoms with Crippen LogP contribution in [-0.4, -0.2) is 65.7 Å². The molecule has 0 spiro atoms. The van der Waals surface area contributed by atoms with Crippen molar-refractivity contribution in [3.8, 4) is 0 Å². The largest absolute Gasteiger partial charge is 0.450 e. The maximum Gasteiger partial charge on any atom is 0.409 e. The number of hydrogen-bond acceptors (Lipinski definition) is 8. The average molecular weight is 472 g/mol. The Balaban J connectivity index is 1.36. The highest BCUT2D eigenvalue weighted by molar-refractivity contribution is 5.78. The number of hydrogen-bond donors (Lipinski definition) is 3. The van der Waals surface area contributed by atoms with E-state index in [2.05, 4.69) is 25.5 Å². The van der Waals surface area contributed by atoms with Gasteiger partial charge >= 0.3 is 6.09 Å². The van der Waals surface area contributed by atoms with E-state index < -0.39 is 5.82 Å². The molecule has 34 heavy (non-hydrogen) atoms.